The van der Waals surface area contributed by atoms with Crippen LogP contribution >= 0.6 is 0 Å². The fourth-order valence-corrected chi connectivity index (χ4v) is 1.31. The van der Waals surface area contributed by atoms with Crippen molar-refractivity contribution in [3.05, 3.63) is 28.8 Å². The summed E-state index contributed by atoms with van der Waals surface area (Å²) in [5, 5.41) is 8.73. The van der Waals surface area contributed by atoms with Crippen LogP contribution in [-0.4, -0.2) is 26.0 Å². The number of aldehydes is 1. The summed E-state index contributed by atoms with van der Waals surface area (Å²) < 4.78 is 32.9. The SMILES string of the molecule is COC(=O)c1ccc(C#N)c(OC(F)F)c1C=O. The highest BCUT2D eigenvalue weighted by Crippen LogP contribution is 2.27. The summed E-state index contributed by atoms with van der Waals surface area (Å²) in [5.74, 6) is -1.52. The molecule has 0 aliphatic heterocycles. The Kier molecular flexibility index (Phi) is 4.32. The lowest BCUT2D eigenvalue weighted by Gasteiger charge is -2.11. The molecule has 1 aromatic rings. The number of hydrogen-bond acceptors (Lipinski definition) is 5. The minimum Gasteiger partial charge on any atom is -0.465 e. The molecule has 0 saturated heterocycles. The molecule has 0 fully saturated rings. The van der Waals surface area contributed by atoms with Gasteiger partial charge in [0, 0.05) is 0 Å². The Bertz CT molecular complexity index is 523. The van der Waals surface area contributed by atoms with Gasteiger partial charge in [-0.25, -0.2) is 4.79 Å². The summed E-state index contributed by atoms with van der Waals surface area (Å²) >= 11 is 0. The average Bonchev–Trinajstić information content (AvgIpc) is 2.36. The van der Waals surface area contributed by atoms with Gasteiger partial charge in [0.2, 0.25) is 0 Å². The van der Waals surface area contributed by atoms with Crippen LogP contribution in [0.15, 0.2) is 12.1 Å². The molecule has 0 bridgehead atoms. The molecule has 0 atom stereocenters. The standard InChI is InChI=1S/C11H7F2NO4/c1-17-10(16)7-3-2-6(4-14)9(8(7)5-15)18-11(12)13/h2-3,5,11H,1H3. The van der Waals surface area contributed by atoms with E-state index in [0.29, 0.717) is 0 Å². The van der Waals surface area contributed by atoms with Gasteiger partial charge < -0.3 is 9.47 Å². The molecule has 0 spiro atoms. The maximum atomic E-state index is 12.2. The number of halogens is 2. The molecule has 7 heteroatoms. The number of alkyl halides is 2. The number of nitrogens with zero attached hydrogens (tertiary/aromatic N) is 1. The summed E-state index contributed by atoms with van der Waals surface area (Å²) in [6, 6.07) is 3.82. The lowest BCUT2D eigenvalue weighted by Crippen LogP contribution is -2.11. The molecule has 0 unspecified atom stereocenters. The summed E-state index contributed by atoms with van der Waals surface area (Å²) in [7, 11) is 1.07. The summed E-state index contributed by atoms with van der Waals surface area (Å²) in [6.07, 6.45) is 0.158. The largest absolute Gasteiger partial charge is 0.465 e. The molecule has 18 heavy (non-hydrogen) atoms. The van der Waals surface area contributed by atoms with Crippen molar-refractivity contribution >= 4 is 12.3 Å². The molecular weight excluding hydrogens is 248 g/mol. The first-order chi connectivity index (χ1) is 8.54. The minimum absolute atomic E-state index is 0.158. The van der Waals surface area contributed by atoms with E-state index >= 15 is 0 Å². The summed E-state index contributed by atoms with van der Waals surface area (Å²) in [5.41, 5.74) is -0.964. The molecule has 94 valence electrons. The Morgan fingerprint density at radius 2 is 2.17 bits per heavy atom. The van der Waals surface area contributed by atoms with E-state index in [-0.39, 0.29) is 17.4 Å². The van der Waals surface area contributed by atoms with E-state index in [1.54, 1.807) is 6.07 Å². The quantitative estimate of drug-likeness (QED) is 0.605. The molecule has 1 rings (SSSR count). The van der Waals surface area contributed by atoms with Crippen molar-refractivity contribution in [3.8, 4) is 11.8 Å². The normalized spacial score (nSPS) is 9.72. The third kappa shape index (κ3) is 2.60. The van der Waals surface area contributed by atoms with Crippen molar-refractivity contribution in [3.63, 3.8) is 0 Å². The van der Waals surface area contributed by atoms with E-state index in [0.717, 1.165) is 19.2 Å². The molecule has 0 aromatic heterocycles. The zero-order valence-electron chi connectivity index (χ0n) is 9.15. The Hall–Kier alpha value is -2.49. The number of esters is 1. The van der Waals surface area contributed by atoms with Crippen molar-refractivity contribution in [2.75, 3.05) is 7.11 Å². The molecule has 0 N–H and O–H groups in total. The van der Waals surface area contributed by atoms with Gasteiger partial charge >= 0.3 is 12.6 Å². The predicted molar refractivity (Wildman–Crippen MR) is 54.5 cm³/mol. The molecule has 0 aliphatic rings. The van der Waals surface area contributed by atoms with Crippen molar-refractivity contribution in [1.82, 2.24) is 0 Å². The monoisotopic (exact) mass is 255 g/mol. The fourth-order valence-electron chi connectivity index (χ4n) is 1.31. The van der Waals surface area contributed by atoms with Gasteiger partial charge in [-0.05, 0) is 12.1 Å². The third-order valence-corrected chi connectivity index (χ3v) is 2.05. The topological polar surface area (TPSA) is 76.4 Å². The van der Waals surface area contributed by atoms with Crippen LogP contribution in [0.1, 0.15) is 26.3 Å². The van der Waals surface area contributed by atoms with Gasteiger partial charge in [-0.15, -0.1) is 0 Å². The van der Waals surface area contributed by atoms with Crippen LogP contribution in [0, 0.1) is 11.3 Å². The van der Waals surface area contributed by atoms with Crippen LogP contribution in [-0.2, 0) is 4.74 Å². The highest BCUT2D eigenvalue weighted by Gasteiger charge is 2.21. The highest BCUT2D eigenvalue weighted by atomic mass is 19.3. The van der Waals surface area contributed by atoms with E-state index in [1.165, 1.54) is 0 Å². The number of rotatable bonds is 4. The van der Waals surface area contributed by atoms with Crippen LogP contribution in [0.4, 0.5) is 8.78 Å². The molecular formula is C11H7F2NO4. The molecule has 0 aliphatic carbocycles. The number of hydrogen-bond donors (Lipinski definition) is 0. The van der Waals surface area contributed by atoms with Crippen LogP contribution in [0.5, 0.6) is 5.75 Å². The summed E-state index contributed by atoms with van der Waals surface area (Å²) in [4.78, 5) is 22.2. The maximum Gasteiger partial charge on any atom is 0.387 e. The number of ether oxygens (including phenoxy) is 2. The van der Waals surface area contributed by atoms with Crippen molar-refractivity contribution in [2.45, 2.75) is 6.61 Å². The van der Waals surface area contributed by atoms with Gasteiger partial charge in [-0.2, -0.15) is 14.0 Å². The van der Waals surface area contributed by atoms with Gasteiger partial charge in [0.15, 0.2) is 12.0 Å². The first-order valence-electron chi connectivity index (χ1n) is 4.60. The zero-order chi connectivity index (χ0) is 13.7. The number of nitriles is 1. The second-order valence-corrected chi connectivity index (χ2v) is 3.00. The second-order valence-electron chi connectivity index (χ2n) is 3.00. The molecule has 0 amide bonds. The lowest BCUT2D eigenvalue weighted by atomic mass is 10.0. The van der Waals surface area contributed by atoms with Crippen molar-refractivity contribution < 1.29 is 27.8 Å². The first kappa shape index (κ1) is 13.6. The minimum atomic E-state index is -3.22. The first-order valence-corrected chi connectivity index (χ1v) is 4.60. The smallest absolute Gasteiger partial charge is 0.387 e. The molecule has 5 nitrogen and oxygen atoms in total. The molecule has 1 aromatic carbocycles. The lowest BCUT2D eigenvalue weighted by molar-refractivity contribution is -0.0503. The van der Waals surface area contributed by atoms with Crippen LogP contribution < -0.4 is 4.74 Å². The fraction of sp³-hybridized carbons (Fsp3) is 0.182. The van der Waals surface area contributed by atoms with E-state index in [2.05, 4.69) is 9.47 Å². The number of carbonyl (C=O) groups excluding carboxylic acids is 2. The zero-order valence-corrected chi connectivity index (χ0v) is 9.15. The Morgan fingerprint density at radius 1 is 1.50 bits per heavy atom. The van der Waals surface area contributed by atoms with Crippen LogP contribution in [0.3, 0.4) is 0 Å². The Morgan fingerprint density at radius 3 is 2.61 bits per heavy atom. The van der Waals surface area contributed by atoms with Gasteiger partial charge in [0.1, 0.15) is 6.07 Å². The van der Waals surface area contributed by atoms with Gasteiger partial charge in [-0.1, -0.05) is 0 Å². The number of methoxy groups -OCH3 is 1. The van der Waals surface area contributed by atoms with Gasteiger partial charge in [0.05, 0.1) is 23.8 Å². The molecule has 0 heterocycles. The predicted octanol–water partition coefficient (Wildman–Crippen LogP) is 1.76. The maximum absolute atomic E-state index is 12.2. The van der Waals surface area contributed by atoms with E-state index in [1.807, 2.05) is 0 Å². The van der Waals surface area contributed by atoms with Crippen LogP contribution in [0.25, 0.3) is 0 Å². The highest BCUT2D eigenvalue weighted by molar-refractivity contribution is 6.00. The number of benzene rings is 1. The van der Waals surface area contributed by atoms with Gasteiger partial charge in [0.25, 0.3) is 0 Å². The second kappa shape index (κ2) is 5.72. The van der Waals surface area contributed by atoms with E-state index in [4.69, 9.17) is 5.26 Å². The third-order valence-electron chi connectivity index (χ3n) is 2.05. The molecule has 0 radical (unpaired) electrons. The van der Waals surface area contributed by atoms with Crippen molar-refractivity contribution in [1.29, 1.82) is 5.26 Å². The van der Waals surface area contributed by atoms with Crippen LogP contribution in [0.2, 0.25) is 0 Å². The average molecular weight is 255 g/mol. The molecule has 0 saturated carbocycles. The van der Waals surface area contributed by atoms with E-state index in [9.17, 15) is 18.4 Å². The van der Waals surface area contributed by atoms with Crippen molar-refractivity contribution in [2.24, 2.45) is 0 Å². The van der Waals surface area contributed by atoms with E-state index < -0.39 is 23.9 Å². The Balaban J connectivity index is 3.47. The summed E-state index contributed by atoms with van der Waals surface area (Å²) in [6.45, 7) is -3.22. The Labute approximate surface area is 101 Å². The number of carbonyl (C=O) groups is 2. The van der Waals surface area contributed by atoms with Gasteiger partial charge in [-0.3, -0.25) is 4.79 Å².